The molecule has 1 fully saturated rings. The number of H-pyrrole nitrogens is 1. The predicted molar refractivity (Wildman–Crippen MR) is 180 cm³/mol. The predicted octanol–water partition coefficient (Wildman–Crippen LogP) is -0.269. The molecular weight excluding hydrogens is 796 g/mol. The molecule has 3 heterocycles. The molecular formula is C33H41IKN3O12. The van der Waals surface area contributed by atoms with Gasteiger partial charge in [-0.05, 0) is 47.6 Å². The summed E-state index contributed by atoms with van der Waals surface area (Å²) in [5.74, 6) is -2.19. The molecule has 0 radical (unpaired) electrons. The van der Waals surface area contributed by atoms with E-state index in [4.69, 9.17) is 29.1 Å². The second kappa shape index (κ2) is 24.0. The summed E-state index contributed by atoms with van der Waals surface area (Å²) in [6, 6.07) is 9.78. The number of anilines is 1. The Bertz CT molecular complexity index is 1520. The van der Waals surface area contributed by atoms with Gasteiger partial charge in [0, 0.05) is 12.6 Å². The number of furan rings is 1. The molecule has 1 aromatic carbocycles. The average Bonchev–Trinajstić information content (AvgIpc) is 3.69. The number of nitrogens with one attached hydrogen (secondary N) is 1. The van der Waals surface area contributed by atoms with Crippen LogP contribution in [-0.4, -0.2) is 75.9 Å². The van der Waals surface area contributed by atoms with Crippen LogP contribution in [0.2, 0.25) is 0 Å². The zero-order chi connectivity index (χ0) is 35.6. The number of nitrogens with zero attached hydrogens (tertiary/aromatic N) is 1. The molecule has 1 unspecified atom stereocenters. The largest absolute Gasteiger partial charge is 1.00 e. The quantitative estimate of drug-likeness (QED) is 0.0559. The number of hydrogen-bond donors (Lipinski definition) is 4. The van der Waals surface area contributed by atoms with E-state index >= 15 is 0 Å². The summed E-state index contributed by atoms with van der Waals surface area (Å²) in [5.41, 5.74) is 3.92. The van der Waals surface area contributed by atoms with Crippen molar-refractivity contribution in [1.29, 1.82) is 0 Å². The van der Waals surface area contributed by atoms with E-state index in [1.807, 2.05) is 52.9 Å². The number of benzene rings is 1. The third-order valence-corrected chi connectivity index (χ3v) is 8.27. The number of ether oxygens (including phenoxy) is 4. The summed E-state index contributed by atoms with van der Waals surface area (Å²) >= 11 is 1.98. The molecule has 1 aliphatic rings. The van der Waals surface area contributed by atoms with Gasteiger partial charge in [0.25, 0.3) is 0 Å². The van der Waals surface area contributed by atoms with Gasteiger partial charge in [0.1, 0.15) is 35.8 Å². The molecule has 5 N–H and O–H groups in total. The van der Waals surface area contributed by atoms with E-state index in [9.17, 15) is 34.5 Å². The normalized spacial score (nSPS) is 17.9. The van der Waals surface area contributed by atoms with Crippen molar-refractivity contribution in [2.24, 2.45) is 0 Å². The molecule has 0 saturated carbocycles. The summed E-state index contributed by atoms with van der Waals surface area (Å²) in [4.78, 5) is 52.2. The van der Waals surface area contributed by atoms with Gasteiger partial charge < -0.3 is 54.2 Å². The molecule has 4 atom stereocenters. The maximum absolute atomic E-state index is 12.4. The standard InChI is InChI=1S/C29H38O11.C4H4IN3O.K/c30-17-23-25(26(29(35)38-23)40-28(34)22-19-36-18-21(22)27(32)33)39-24(31)15-11-6-4-2-1-3-5-7-12-16-37-20-13-9-8-10-14-20;5-2-1-7-4(9)8-3(2)6;/h8-10,13-14,18-19,23,25-26,29-30,35H,1-7,11-12,15-17H2,(H,32,33);1H,(H3,6,7,8,9);/q;;+1/p-1/t23-,25-,26+,29?;;/m1../s1. The molecule has 2 aromatic heterocycles. The average molecular weight is 838 g/mol. The van der Waals surface area contributed by atoms with Gasteiger partial charge in [-0.1, -0.05) is 63.1 Å². The van der Waals surface area contributed by atoms with Crippen LogP contribution in [-0.2, 0) is 19.0 Å². The number of para-hydroxylation sites is 1. The number of halogens is 1. The van der Waals surface area contributed by atoms with Crippen LogP contribution in [0.25, 0.3) is 0 Å². The van der Waals surface area contributed by atoms with E-state index in [0.717, 1.165) is 79.8 Å². The fraction of sp³-hybridized carbons (Fsp3) is 0.485. The van der Waals surface area contributed by atoms with Crippen LogP contribution < -0.4 is 72.7 Å². The summed E-state index contributed by atoms with van der Waals surface area (Å²) in [6.07, 6.45) is 6.87. The van der Waals surface area contributed by atoms with Crippen LogP contribution in [0.15, 0.2) is 58.3 Å². The van der Waals surface area contributed by atoms with Crippen LogP contribution in [0.3, 0.4) is 0 Å². The SMILES string of the molecule is Nc1nc(=O)[nH]cc1I.O=C(CCCCCCCCCCCOc1ccccc1)O[C@H]1[C@H](OC(=O)c2cocc2C(=O)[O-])C(O)O[C@@H]1CO.[K+]. The first-order valence-electron chi connectivity index (χ1n) is 15.9. The van der Waals surface area contributed by atoms with Crippen molar-refractivity contribution in [3.63, 3.8) is 0 Å². The number of nitrogen functional groups attached to an aromatic ring is 1. The Kier molecular flexibility index (Phi) is 21.0. The van der Waals surface area contributed by atoms with Crippen LogP contribution in [0.5, 0.6) is 5.75 Å². The molecule has 0 aliphatic carbocycles. The molecule has 268 valence electrons. The van der Waals surface area contributed by atoms with Crippen molar-refractivity contribution in [3.05, 3.63) is 74.2 Å². The summed E-state index contributed by atoms with van der Waals surface area (Å²) in [5, 5.41) is 30.9. The number of hydrogen-bond acceptors (Lipinski definition) is 14. The first-order chi connectivity index (χ1) is 23.6. The summed E-state index contributed by atoms with van der Waals surface area (Å²) in [6.45, 7) is 0.126. The van der Waals surface area contributed by atoms with Crippen molar-refractivity contribution < 1.29 is 104 Å². The van der Waals surface area contributed by atoms with Gasteiger partial charge in [-0.3, -0.25) is 4.79 Å². The number of carbonyl (C=O) groups excluding carboxylic acids is 3. The molecule has 3 aromatic rings. The monoisotopic (exact) mass is 837 g/mol. The third kappa shape index (κ3) is 15.1. The molecule has 1 saturated heterocycles. The second-order valence-corrected chi connectivity index (χ2v) is 12.3. The van der Waals surface area contributed by atoms with Crippen molar-refractivity contribution in [2.45, 2.75) is 88.8 Å². The number of rotatable bonds is 18. The number of carboxylic acid groups (broad SMARTS) is 1. The van der Waals surface area contributed by atoms with E-state index < -0.39 is 65.9 Å². The van der Waals surface area contributed by atoms with Gasteiger partial charge in [-0.15, -0.1) is 0 Å². The zero-order valence-corrected chi connectivity index (χ0v) is 33.1. The molecule has 15 nitrogen and oxygen atoms in total. The van der Waals surface area contributed by atoms with Gasteiger partial charge in [0.15, 0.2) is 18.5 Å². The Balaban J connectivity index is 0.000000751. The molecule has 1 aliphatic heterocycles. The number of nitrogens with two attached hydrogens (primary N) is 1. The topological polar surface area (TPSA) is 237 Å². The number of aromatic nitrogens is 2. The van der Waals surface area contributed by atoms with Gasteiger partial charge >= 0.3 is 69.0 Å². The number of unbranched alkanes of at least 4 members (excludes halogenated alkanes) is 8. The Morgan fingerprint density at radius 2 is 1.56 bits per heavy atom. The minimum Gasteiger partial charge on any atom is -0.545 e. The number of esters is 2. The van der Waals surface area contributed by atoms with Crippen molar-refractivity contribution in [1.82, 2.24) is 9.97 Å². The van der Waals surface area contributed by atoms with E-state index in [2.05, 4.69) is 9.97 Å². The van der Waals surface area contributed by atoms with E-state index in [0.29, 0.717) is 6.42 Å². The second-order valence-electron chi connectivity index (χ2n) is 11.1. The molecule has 50 heavy (non-hydrogen) atoms. The molecule has 0 spiro atoms. The van der Waals surface area contributed by atoms with Gasteiger partial charge in [0.2, 0.25) is 0 Å². The molecule has 0 bridgehead atoms. The number of aromatic carboxylic acids is 1. The Morgan fingerprint density at radius 3 is 2.16 bits per heavy atom. The minimum absolute atomic E-state index is 0. The number of aliphatic hydroxyl groups excluding tert-OH is 2. The van der Waals surface area contributed by atoms with E-state index in [1.165, 1.54) is 6.20 Å². The number of aliphatic hydroxyl groups is 2. The van der Waals surface area contributed by atoms with Crippen LogP contribution in [0.1, 0.15) is 84.9 Å². The van der Waals surface area contributed by atoms with Gasteiger partial charge in [-0.25, -0.2) is 9.59 Å². The molecule has 17 heteroatoms. The Hall–Kier alpha value is -2.36. The van der Waals surface area contributed by atoms with E-state index in [-0.39, 0.29) is 63.6 Å². The number of aromatic amines is 1. The van der Waals surface area contributed by atoms with Crippen molar-refractivity contribution >= 4 is 46.3 Å². The first-order valence-corrected chi connectivity index (χ1v) is 17.0. The minimum atomic E-state index is -1.69. The summed E-state index contributed by atoms with van der Waals surface area (Å²) < 4.78 is 26.9. The van der Waals surface area contributed by atoms with Gasteiger partial charge in [-0.2, -0.15) is 4.98 Å². The van der Waals surface area contributed by atoms with E-state index in [1.54, 1.807) is 0 Å². The van der Waals surface area contributed by atoms with Crippen LogP contribution in [0.4, 0.5) is 5.82 Å². The van der Waals surface area contributed by atoms with Crippen LogP contribution >= 0.6 is 22.6 Å². The number of carboxylic acids is 1. The van der Waals surface area contributed by atoms with Crippen molar-refractivity contribution in [3.8, 4) is 5.75 Å². The Labute approximate surface area is 345 Å². The fourth-order valence-corrected chi connectivity index (χ4v) is 5.12. The molecule has 4 rings (SSSR count). The third-order valence-electron chi connectivity index (χ3n) is 7.40. The fourth-order valence-electron chi connectivity index (χ4n) is 4.84. The number of carbonyl (C=O) groups is 3. The van der Waals surface area contributed by atoms with Crippen molar-refractivity contribution in [2.75, 3.05) is 18.9 Å². The zero-order valence-electron chi connectivity index (χ0n) is 27.8. The summed E-state index contributed by atoms with van der Waals surface area (Å²) in [7, 11) is 0. The maximum Gasteiger partial charge on any atom is 1.00 e. The molecule has 0 amide bonds. The first kappa shape index (κ1) is 43.8. The van der Waals surface area contributed by atoms with Crippen LogP contribution in [0, 0.1) is 3.57 Å². The Morgan fingerprint density at radius 1 is 0.940 bits per heavy atom. The van der Waals surface area contributed by atoms with Gasteiger partial charge in [0.05, 0.1) is 28.3 Å². The smallest absolute Gasteiger partial charge is 0.545 e. The maximum atomic E-state index is 12.4.